The molecule has 0 saturated carbocycles. The standard InChI is InChI=1S/C29H29N3O2S2.C3H6O2.Na/c1-20(2)35-25-14-8-22(9-15-25)29-31-26(27(36-29)21-6-4-3-5-7-21)28(33)30-23-10-12-24(13-11-23)32-16-18-34-19-17-32;1-2-3(4)5;/h3-15,20H,16-19H2,1-2H3,(H,30,33);2H2,1H3,(H,4,5);/q;;+1/p-1. The van der Waals surface area contributed by atoms with Gasteiger partial charge >= 0.3 is 29.6 Å². The Bertz CT molecular complexity index is 1420. The van der Waals surface area contributed by atoms with E-state index in [0.717, 1.165) is 58.7 Å². The number of carboxylic acids is 1. The van der Waals surface area contributed by atoms with E-state index >= 15 is 0 Å². The summed E-state index contributed by atoms with van der Waals surface area (Å²) in [6.45, 7) is 9.16. The molecule has 0 unspecified atom stereocenters. The molecule has 2 heterocycles. The zero-order valence-corrected chi connectivity index (χ0v) is 28.1. The number of thioether (sulfide) groups is 1. The topological polar surface area (TPSA) is 94.6 Å². The molecule has 1 amide bonds. The molecule has 4 aromatic rings. The van der Waals surface area contributed by atoms with Crippen LogP contribution in [-0.2, 0) is 9.53 Å². The van der Waals surface area contributed by atoms with Gasteiger partial charge in [0.1, 0.15) is 10.7 Å². The average Bonchev–Trinajstić information content (AvgIpc) is 3.45. The first-order chi connectivity index (χ1) is 19.8. The van der Waals surface area contributed by atoms with Crippen LogP contribution in [0.25, 0.3) is 21.0 Å². The van der Waals surface area contributed by atoms with Crippen LogP contribution < -0.4 is 44.9 Å². The number of benzene rings is 3. The first kappa shape index (κ1) is 33.8. The fraction of sp³-hybridized carbons (Fsp3) is 0.281. The molecule has 0 aliphatic carbocycles. The van der Waals surface area contributed by atoms with Crippen LogP contribution in [0.1, 0.15) is 37.7 Å². The van der Waals surface area contributed by atoms with Gasteiger partial charge in [-0.15, -0.1) is 23.1 Å². The fourth-order valence-corrected chi connectivity index (χ4v) is 6.01. The van der Waals surface area contributed by atoms with Crippen LogP contribution in [-0.4, -0.2) is 48.4 Å². The quantitative estimate of drug-likeness (QED) is 0.242. The van der Waals surface area contributed by atoms with Crippen LogP contribution in [0.3, 0.4) is 0 Å². The van der Waals surface area contributed by atoms with Crippen molar-refractivity contribution in [2.45, 2.75) is 37.3 Å². The number of morpholine rings is 1. The Labute approximate surface area is 278 Å². The number of aromatic nitrogens is 1. The number of anilines is 2. The first-order valence-corrected chi connectivity index (χ1v) is 15.3. The van der Waals surface area contributed by atoms with Crippen LogP contribution >= 0.6 is 23.1 Å². The van der Waals surface area contributed by atoms with Crippen molar-refractivity contribution in [1.82, 2.24) is 4.98 Å². The summed E-state index contributed by atoms with van der Waals surface area (Å²) in [4.78, 5) is 31.9. The Hall–Kier alpha value is -2.66. The molecule has 1 saturated heterocycles. The third kappa shape index (κ3) is 9.69. The number of carbonyl (C=O) groups is 2. The number of nitrogens with one attached hydrogen (secondary N) is 1. The molecule has 10 heteroatoms. The second-order valence-corrected chi connectivity index (χ2v) is 12.2. The summed E-state index contributed by atoms with van der Waals surface area (Å²) in [6.07, 6.45) is 0.111. The predicted molar refractivity (Wildman–Crippen MR) is 167 cm³/mol. The summed E-state index contributed by atoms with van der Waals surface area (Å²) in [5, 5.41) is 13.7. The molecule has 0 bridgehead atoms. The number of hydrogen-bond donors (Lipinski definition) is 1. The van der Waals surface area contributed by atoms with Gasteiger partial charge in [-0.25, -0.2) is 4.98 Å². The smallest absolute Gasteiger partial charge is 0.550 e. The molecule has 7 nitrogen and oxygen atoms in total. The van der Waals surface area contributed by atoms with E-state index in [9.17, 15) is 14.7 Å². The number of thiazole rings is 1. The molecule has 1 aliphatic rings. The van der Waals surface area contributed by atoms with E-state index in [2.05, 4.69) is 48.3 Å². The van der Waals surface area contributed by atoms with Gasteiger partial charge in [0.2, 0.25) is 0 Å². The Kier molecular flexibility index (Phi) is 13.6. The zero-order valence-electron chi connectivity index (χ0n) is 24.5. The van der Waals surface area contributed by atoms with E-state index in [1.807, 2.05) is 66.4 Å². The van der Waals surface area contributed by atoms with Gasteiger partial charge in [0.15, 0.2) is 0 Å². The van der Waals surface area contributed by atoms with Gasteiger partial charge in [-0.3, -0.25) is 4.79 Å². The summed E-state index contributed by atoms with van der Waals surface area (Å²) < 4.78 is 5.44. The molecule has 1 fully saturated rings. The molecule has 3 aromatic carbocycles. The van der Waals surface area contributed by atoms with Gasteiger partial charge in [0.25, 0.3) is 5.91 Å². The van der Waals surface area contributed by atoms with E-state index in [-0.39, 0.29) is 41.9 Å². The number of aliphatic carboxylic acids is 1. The van der Waals surface area contributed by atoms with Gasteiger partial charge in [-0.1, -0.05) is 63.2 Å². The second kappa shape index (κ2) is 16.8. The Balaban J connectivity index is 0.000000745. The Morgan fingerprint density at radius 2 is 1.60 bits per heavy atom. The van der Waals surface area contributed by atoms with Gasteiger partial charge < -0.3 is 24.9 Å². The molecular formula is C32H34N3NaO4S2. The Morgan fingerprint density at radius 3 is 2.17 bits per heavy atom. The van der Waals surface area contributed by atoms with Gasteiger partial charge in [-0.2, -0.15) is 0 Å². The number of carbonyl (C=O) groups excluding carboxylic acids is 2. The molecular weight excluding hydrogens is 577 g/mol. The number of ether oxygens (including phenoxy) is 1. The minimum Gasteiger partial charge on any atom is -0.550 e. The maximum Gasteiger partial charge on any atom is 1.00 e. The number of carboxylic acid groups (broad SMARTS) is 1. The van der Waals surface area contributed by atoms with Crippen LogP contribution in [0, 0.1) is 0 Å². The van der Waals surface area contributed by atoms with Gasteiger partial charge in [0, 0.05) is 46.1 Å². The summed E-state index contributed by atoms with van der Waals surface area (Å²) in [5.74, 6) is -1.20. The van der Waals surface area contributed by atoms with E-state index in [1.165, 1.54) is 11.8 Å². The zero-order chi connectivity index (χ0) is 29.2. The predicted octanol–water partition coefficient (Wildman–Crippen LogP) is 3.22. The second-order valence-electron chi connectivity index (χ2n) is 9.58. The van der Waals surface area contributed by atoms with Crippen molar-refractivity contribution in [2.24, 2.45) is 0 Å². The summed E-state index contributed by atoms with van der Waals surface area (Å²) >= 11 is 3.38. The van der Waals surface area contributed by atoms with E-state index in [1.54, 1.807) is 11.3 Å². The molecule has 1 N–H and O–H groups in total. The van der Waals surface area contributed by atoms with Crippen molar-refractivity contribution in [3.63, 3.8) is 0 Å². The van der Waals surface area contributed by atoms with E-state index < -0.39 is 5.97 Å². The van der Waals surface area contributed by atoms with Crippen molar-refractivity contribution in [1.29, 1.82) is 0 Å². The average molecular weight is 612 g/mol. The van der Waals surface area contributed by atoms with Crippen molar-refractivity contribution in [3.8, 4) is 21.0 Å². The molecule has 0 spiro atoms. The molecule has 1 aromatic heterocycles. The Morgan fingerprint density at radius 1 is 0.976 bits per heavy atom. The van der Waals surface area contributed by atoms with Crippen LogP contribution in [0.15, 0.2) is 83.8 Å². The minimum atomic E-state index is -0.995. The van der Waals surface area contributed by atoms with Gasteiger partial charge in [0.05, 0.1) is 18.1 Å². The maximum atomic E-state index is 13.4. The molecule has 1 aliphatic heterocycles. The van der Waals surface area contributed by atoms with Crippen molar-refractivity contribution >= 4 is 46.3 Å². The molecule has 0 radical (unpaired) electrons. The van der Waals surface area contributed by atoms with Crippen LogP contribution in [0.5, 0.6) is 0 Å². The number of hydrogen-bond acceptors (Lipinski definition) is 8. The van der Waals surface area contributed by atoms with Gasteiger partial charge in [-0.05, 0) is 48.4 Å². The van der Waals surface area contributed by atoms with Crippen LogP contribution in [0.2, 0.25) is 0 Å². The maximum absolute atomic E-state index is 13.4. The third-order valence-electron chi connectivity index (χ3n) is 6.14. The van der Waals surface area contributed by atoms with Crippen molar-refractivity contribution < 1.29 is 49.0 Å². The fourth-order valence-electron chi connectivity index (χ4n) is 4.10. The number of rotatable bonds is 8. The monoisotopic (exact) mass is 611 g/mol. The SMILES string of the molecule is CC(C)Sc1ccc(-c2nc(C(=O)Nc3ccc(N4CCOCC4)cc3)c(-c3ccccc3)s2)cc1.CCC(=O)[O-].[Na+]. The van der Waals surface area contributed by atoms with Crippen molar-refractivity contribution in [2.75, 3.05) is 36.5 Å². The molecule has 42 heavy (non-hydrogen) atoms. The first-order valence-electron chi connectivity index (χ1n) is 13.6. The molecule has 0 atom stereocenters. The molecule has 214 valence electrons. The third-order valence-corrected chi connectivity index (χ3v) is 8.31. The largest absolute Gasteiger partial charge is 1.00 e. The van der Waals surface area contributed by atoms with Crippen molar-refractivity contribution in [3.05, 3.63) is 84.6 Å². The van der Waals surface area contributed by atoms with E-state index in [4.69, 9.17) is 9.72 Å². The minimum absolute atomic E-state index is 0. The number of nitrogens with zero attached hydrogens (tertiary/aromatic N) is 2. The van der Waals surface area contributed by atoms with E-state index in [0.29, 0.717) is 10.9 Å². The number of amides is 1. The summed E-state index contributed by atoms with van der Waals surface area (Å²) in [5.41, 5.74) is 4.33. The summed E-state index contributed by atoms with van der Waals surface area (Å²) in [6, 6.07) is 26.4. The normalized spacial score (nSPS) is 12.6. The summed E-state index contributed by atoms with van der Waals surface area (Å²) in [7, 11) is 0. The molecule has 5 rings (SSSR count). The van der Waals surface area contributed by atoms with Crippen LogP contribution in [0.4, 0.5) is 11.4 Å².